The molecular weight excluding hydrogens is 272 g/mol. The molecule has 0 N–H and O–H groups in total. The highest BCUT2D eigenvalue weighted by molar-refractivity contribution is 5.75. The van der Waals surface area contributed by atoms with Crippen LogP contribution in [0.3, 0.4) is 0 Å². The molecule has 1 aliphatic heterocycles. The Hall–Kier alpha value is -0.530. The molecule has 0 aromatic rings. The highest BCUT2D eigenvalue weighted by Crippen LogP contribution is 2.20. The van der Waals surface area contributed by atoms with E-state index >= 15 is 0 Å². The molecule has 1 atom stereocenters. The topological polar surface area (TPSA) is 26.3 Å². The van der Waals surface area contributed by atoms with Gasteiger partial charge in [-0.1, -0.05) is 96.8 Å². The molecule has 2 heteroatoms. The lowest BCUT2D eigenvalue weighted by Crippen LogP contribution is -2.32. The minimum atomic E-state index is -0.00837. The van der Waals surface area contributed by atoms with Crippen LogP contribution in [0.5, 0.6) is 0 Å². The fourth-order valence-electron chi connectivity index (χ4n) is 3.27. The lowest BCUT2D eigenvalue weighted by Gasteiger charge is -2.25. The van der Waals surface area contributed by atoms with Gasteiger partial charge in [0.25, 0.3) is 0 Å². The molecule has 0 spiro atoms. The summed E-state index contributed by atoms with van der Waals surface area (Å²) in [6.07, 6.45) is 23.1. The number of unbranched alkanes of at least 4 members (excludes halogenated alkanes) is 14. The van der Waals surface area contributed by atoms with E-state index in [1.54, 1.807) is 0 Å². The Bertz CT molecular complexity index is 254. The first-order valence-corrected chi connectivity index (χ1v) is 10.0. The Morgan fingerprint density at radius 1 is 0.727 bits per heavy atom. The molecular formula is C20H38O2. The van der Waals surface area contributed by atoms with Gasteiger partial charge in [0.15, 0.2) is 0 Å². The first-order chi connectivity index (χ1) is 10.8. The van der Waals surface area contributed by atoms with Crippen LogP contribution < -0.4 is 0 Å². The van der Waals surface area contributed by atoms with Gasteiger partial charge in [-0.15, -0.1) is 0 Å². The molecule has 1 aliphatic rings. The second-order valence-corrected chi connectivity index (χ2v) is 7.05. The Morgan fingerprint density at radius 3 is 1.45 bits per heavy atom. The maximum atomic E-state index is 10.6. The van der Waals surface area contributed by atoms with Gasteiger partial charge in [0.1, 0.15) is 6.10 Å². The summed E-state index contributed by atoms with van der Waals surface area (Å²) in [5, 5.41) is 0. The van der Waals surface area contributed by atoms with Gasteiger partial charge in [-0.3, -0.25) is 4.79 Å². The number of carbonyl (C=O) groups is 1. The van der Waals surface area contributed by atoms with E-state index in [2.05, 4.69) is 6.92 Å². The molecule has 1 rings (SSSR count). The predicted molar refractivity (Wildman–Crippen MR) is 94.0 cm³/mol. The van der Waals surface area contributed by atoms with Crippen molar-refractivity contribution >= 4 is 5.97 Å². The molecule has 130 valence electrons. The van der Waals surface area contributed by atoms with Crippen molar-refractivity contribution in [3.05, 3.63) is 0 Å². The summed E-state index contributed by atoms with van der Waals surface area (Å²) < 4.78 is 5.02. The normalized spacial score (nSPS) is 17.3. The Labute approximate surface area is 138 Å². The molecule has 0 amide bonds. The molecule has 1 heterocycles. The summed E-state index contributed by atoms with van der Waals surface area (Å²) >= 11 is 0. The third kappa shape index (κ3) is 11.1. The van der Waals surface area contributed by atoms with Crippen LogP contribution in [0.15, 0.2) is 0 Å². The van der Waals surface area contributed by atoms with E-state index in [1.807, 2.05) is 0 Å². The van der Waals surface area contributed by atoms with E-state index in [-0.39, 0.29) is 12.1 Å². The average molecular weight is 311 g/mol. The number of hydrogen-bond acceptors (Lipinski definition) is 2. The predicted octanol–water partition coefficient (Wildman–Crippen LogP) is 6.56. The summed E-state index contributed by atoms with van der Waals surface area (Å²) in [6, 6.07) is 0. The quantitative estimate of drug-likeness (QED) is 0.238. The first kappa shape index (κ1) is 19.5. The minimum Gasteiger partial charge on any atom is -0.462 e. The average Bonchev–Trinajstić information content (AvgIpc) is 2.49. The van der Waals surface area contributed by atoms with E-state index < -0.39 is 0 Å². The van der Waals surface area contributed by atoms with Crippen molar-refractivity contribution in [3.63, 3.8) is 0 Å². The molecule has 1 fully saturated rings. The van der Waals surface area contributed by atoms with Crippen LogP contribution in [0.4, 0.5) is 0 Å². The zero-order valence-corrected chi connectivity index (χ0v) is 14.9. The van der Waals surface area contributed by atoms with E-state index in [1.165, 1.54) is 96.3 Å². The van der Waals surface area contributed by atoms with Gasteiger partial charge in [0, 0.05) is 0 Å². The molecule has 0 aromatic carbocycles. The molecule has 0 radical (unpaired) electrons. The maximum absolute atomic E-state index is 10.6. The maximum Gasteiger partial charge on any atom is 0.309 e. The third-order valence-corrected chi connectivity index (χ3v) is 4.82. The summed E-state index contributed by atoms with van der Waals surface area (Å²) in [6.45, 7) is 2.28. The van der Waals surface area contributed by atoms with Gasteiger partial charge in [-0.25, -0.2) is 0 Å². The monoisotopic (exact) mass is 310 g/mol. The van der Waals surface area contributed by atoms with Crippen molar-refractivity contribution < 1.29 is 9.53 Å². The molecule has 0 bridgehead atoms. The van der Waals surface area contributed by atoms with Crippen LogP contribution in [0, 0.1) is 0 Å². The zero-order valence-electron chi connectivity index (χ0n) is 14.9. The molecule has 1 unspecified atom stereocenters. The van der Waals surface area contributed by atoms with Crippen LogP contribution in [-0.4, -0.2) is 12.1 Å². The van der Waals surface area contributed by atoms with Crippen molar-refractivity contribution in [2.24, 2.45) is 0 Å². The fourth-order valence-corrected chi connectivity index (χ4v) is 3.27. The fraction of sp³-hybridized carbons (Fsp3) is 0.950. The van der Waals surface area contributed by atoms with E-state index in [9.17, 15) is 4.79 Å². The minimum absolute atomic E-state index is 0.00837. The lowest BCUT2D eigenvalue weighted by molar-refractivity contribution is -0.169. The molecule has 1 saturated heterocycles. The van der Waals surface area contributed by atoms with Crippen molar-refractivity contribution in [1.82, 2.24) is 0 Å². The van der Waals surface area contributed by atoms with Crippen LogP contribution in [0.2, 0.25) is 0 Å². The van der Waals surface area contributed by atoms with Crippen molar-refractivity contribution in [3.8, 4) is 0 Å². The molecule has 0 aliphatic carbocycles. The smallest absolute Gasteiger partial charge is 0.309 e. The van der Waals surface area contributed by atoms with Crippen molar-refractivity contribution in [2.45, 2.75) is 122 Å². The lowest BCUT2D eigenvalue weighted by atomic mass is 10.0. The van der Waals surface area contributed by atoms with Crippen LogP contribution in [-0.2, 0) is 9.53 Å². The SMILES string of the molecule is CCCCCCCCCCCCCCCCCC1CC(=O)O1. The second kappa shape index (κ2) is 14.1. The standard InChI is InChI=1S/C20H38O2/c1-2-3-4-5-6-7-8-9-10-11-12-13-14-15-16-17-19-18-20(21)22-19/h19H,2-18H2,1H3. The summed E-state index contributed by atoms with van der Waals surface area (Å²) in [5.41, 5.74) is 0. The number of hydrogen-bond donors (Lipinski definition) is 0. The van der Waals surface area contributed by atoms with Gasteiger partial charge in [-0.2, -0.15) is 0 Å². The van der Waals surface area contributed by atoms with Gasteiger partial charge < -0.3 is 4.74 Å². The van der Waals surface area contributed by atoms with Crippen LogP contribution in [0.25, 0.3) is 0 Å². The van der Waals surface area contributed by atoms with Gasteiger partial charge in [-0.05, 0) is 12.8 Å². The highest BCUT2D eigenvalue weighted by Gasteiger charge is 2.27. The molecule has 0 saturated carbocycles. The van der Waals surface area contributed by atoms with Gasteiger partial charge in [0.05, 0.1) is 6.42 Å². The first-order valence-electron chi connectivity index (χ1n) is 10.0. The zero-order chi connectivity index (χ0) is 15.9. The third-order valence-electron chi connectivity index (χ3n) is 4.82. The summed E-state index contributed by atoms with van der Waals surface area (Å²) in [4.78, 5) is 10.6. The van der Waals surface area contributed by atoms with E-state index in [0.29, 0.717) is 6.42 Å². The number of carbonyl (C=O) groups excluding carboxylic acids is 1. The number of rotatable bonds is 16. The highest BCUT2D eigenvalue weighted by atomic mass is 16.6. The van der Waals surface area contributed by atoms with E-state index in [4.69, 9.17) is 4.74 Å². The van der Waals surface area contributed by atoms with Crippen LogP contribution in [0.1, 0.15) is 116 Å². The molecule has 2 nitrogen and oxygen atoms in total. The Balaban J connectivity index is 1.64. The van der Waals surface area contributed by atoms with Gasteiger partial charge in [0.2, 0.25) is 0 Å². The van der Waals surface area contributed by atoms with E-state index in [0.717, 1.165) is 6.42 Å². The number of cyclic esters (lactones) is 1. The van der Waals surface area contributed by atoms with Crippen LogP contribution >= 0.6 is 0 Å². The van der Waals surface area contributed by atoms with Gasteiger partial charge >= 0.3 is 5.97 Å². The Morgan fingerprint density at radius 2 is 1.09 bits per heavy atom. The Kier molecular flexibility index (Phi) is 12.5. The molecule has 22 heavy (non-hydrogen) atoms. The molecule has 0 aromatic heterocycles. The largest absolute Gasteiger partial charge is 0.462 e. The number of ether oxygens (including phenoxy) is 1. The number of esters is 1. The van der Waals surface area contributed by atoms with Crippen molar-refractivity contribution in [1.29, 1.82) is 0 Å². The van der Waals surface area contributed by atoms with Crippen molar-refractivity contribution in [2.75, 3.05) is 0 Å². The second-order valence-electron chi connectivity index (χ2n) is 7.05. The summed E-state index contributed by atoms with van der Waals surface area (Å²) in [5.74, 6) is -0.00837. The summed E-state index contributed by atoms with van der Waals surface area (Å²) in [7, 11) is 0.